The van der Waals surface area contributed by atoms with Crippen LogP contribution < -0.4 is 0 Å². The predicted octanol–water partition coefficient (Wildman–Crippen LogP) is 1.73. The normalized spacial score (nSPS) is 10.7. The molecule has 0 bridgehead atoms. The Labute approximate surface area is 61.9 Å². The van der Waals surface area contributed by atoms with Crippen LogP contribution in [0.5, 0.6) is 0 Å². The van der Waals surface area contributed by atoms with Crippen molar-refractivity contribution < 1.29 is 0 Å². The molecule has 1 aromatic rings. The third-order valence-corrected chi connectivity index (χ3v) is 1.44. The van der Waals surface area contributed by atoms with Crippen molar-refractivity contribution in [3.63, 3.8) is 0 Å². The minimum absolute atomic E-state index is 0.754. The van der Waals surface area contributed by atoms with Crippen LogP contribution in [0, 0.1) is 12.1 Å². The lowest BCUT2D eigenvalue weighted by Crippen LogP contribution is -2.01. The highest BCUT2D eigenvalue weighted by molar-refractivity contribution is 4.75. The number of hydrogen-bond donors (Lipinski definition) is 0. The maximum atomic E-state index is 3.98. The number of nitrogens with zero attached hydrogens (tertiary/aromatic N) is 2. The van der Waals surface area contributed by atoms with E-state index in [0.29, 0.717) is 0 Å². The Morgan fingerprint density at radius 1 is 1.60 bits per heavy atom. The van der Waals surface area contributed by atoms with Crippen molar-refractivity contribution in [3.05, 3.63) is 18.5 Å². The molecule has 0 fully saturated rings. The van der Waals surface area contributed by atoms with Crippen LogP contribution in [0.15, 0.2) is 12.3 Å². The van der Waals surface area contributed by atoms with Crippen molar-refractivity contribution >= 4 is 0 Å². The van der Waals surface area contributed by atoms with E-state index < -0.39 is 0 Å². The van der Waals surface area contributed by atoms with Gasteiger partial charge in [0.1, 0.15) is 6.20 Å². The molecule has 2 nitrogen and oxygen atoms in total. The second-order valence-electron chi connectivity index (χ2n) is 2.89. The quantitative estimate of drug-likeness (QED) is 0.620. The molecule has 0 aliphatic rings. The summed E-state index contributed by atoms with van der Waals surface area (Å²) in [6, 6.07) is 1.83. The molecule has 0 atom stereocenters. The molecule has 0 aliphatic heterocycles. The molecule has 55 valence electrons. The highest BCUT2D eigenvalue weighted by Gasteiger charge is 1.94. The van der Waals surface area contributed by atoms with Gasteiger partial charge >= 0.3 is 0 Å². The van der Waals surface area contributed by atoms with Crippen molar-refractivity contribution in [2.45, 2.75) is 26.8 Å². The lowest BCUT2D eigenvalue weighted by atomic mass is 10.1. The number of hydrogen-bond acceptors (Lipinski definition) is 1. The van der Waals surface area contributed by atoms with Crippen molar-refractivity contribution in [3.8, 4) is 0 Å². The highest BCUT2D eigenvalue weighted by atomic mass is 15.3. The Balaban J connectivity index is 2.28. The Morgan fingerprint density at radius 3 is 2.90 bits per heavy atom. The van der Waals surface area contributed by atoms with Gasteiger partial charge < -0.3 is 0 Å². The second kappa shape index (κ2) is 3.40. The summed E-state index contributed by atoms with van der Waals surface area (Å²) >= 11 is 0. The van der Waals surface area contributed by atoms with Gasteiger partial charge in [-0.25, -0.2) is 0 Å². The zero-order valence-corrected chi connectivity index (χ0v) is 6.54. The minimum atomic E-state index is 0.754. The van der Waals surface area contributed by atoms with E-state index in [1.165, 1.54) is 6.42 Å². The average Bonchev–Trinajstić information content (AvgIpc) is 2.34. The van der Waals surface area contributed by atoms with Gasteiger partial charge in [-0.15, -0.1) is 0 Å². The summed E-state index contributed by atoms with van der Waals surface area (Å²) in [5, 5.41) is 3.98. The summed E-state index contributed by atoms with van der Waals surface area (Å²) in [5.74, 6) is 0.754. The molecule has 2 heteroatoms. The molecule has 0 aromatic carbocycles. The molecular weight excluding hydrogens is 124 g/mol. The van der Waals surface area contributed by atoms with Gasteiger partial charge in [0.05, 0.1) is 0 Å². The van der Waals surface area contributed by atoms with E-state index in [1.807, 2.05) is 16.9 Å². The van der Waals surface area contributed by atoms with Gasteiger partial charge in [0, 0.05) is 12.7 Å². The summed E-state index contributed by atoms with van der Waals surface area (Å²) < 4.78 is 1.92. The molecular formula is C8H13N2. The molecule has 1 rings (SSSR count). The van der Waals surface area contributed by atoms with Crippen molar-refractivity contribution in [2.24, 2.45) is 5.92 Å². The standard InChI is InChI=1S/C8H13N2/c1-8(2)4-7-10-6-3-5-9-10/h3,6,8H,4,7H2,1-2H3. The Bertz CT molecular complexity index is 165. The minimum Gasteiger partial charge on any atom is -0.272 e. The van der Waals surface area contributed by atoms with Crippen LogP contribution in [-0.4, -0.2) is 9.78 Å². The average molecular weight is 137 g/mol. The Hall–Kier alpha value is -0.790. The first-order valence-corrected chi connectivity index (χ1v) is 3.68. The van der Waals surface area contributed by atoms with Gasteiger partial charge in [0.25, 0.3) is 0 Å². The van der Waals surface area contributed by atoms with Gasteiger partial charge in [-0.3, -0.25) is 4.68 Å². The maximum Gasteiger partial charge on any atom is 0.113 e. The van der Waals surface area contributed by atoms with Gasteiger partial charge in [0.2, 0.25) is 0 Å². The molecule has 1 radical (unpaired) electrons. The monoisotopic (exact) mass is 137 g/mol. The van der Waals surface area contributed by atoms with E-state index in [-0.39, 0.29) is 0 Å². The largest absolute Gasteiger partial charge is 0.272 e. The highest BCUT2D eigenvalue weighted by Crippen LogP contribution is 2.00. The fraction of sp³-hybridized carbons (Fsp3) is 0.625. The SMILES string of the molecule is CC(C)CCn1cc[c]n1. The summed E-state index contributed by atoms with van der Waals surface area (Å²) in [7, 11) is 0. The molecule has 0 spiro atoms. The zero-order valence-electron chi connectivity index (χ0n) is 6.54. The van der Waals surface area contributed by atoms with Gasteiger partial charge in [-0.05, 0) is 18.4 Å². The number of aromatic nitrogens is 2. The number of rotatable bonds is 3. The van der Waals surface area contributed by atoms with Gasteiger partial charge in [-0.2, -0.15) is 5.10 Å². The van der Waals surface area contributed by atoms with E-state index >= 15 is 0 Å². The first-order valence-electron chi connectivity index (χ1n) is 3.68. The molecule has 1 aromatic heterocycles. The van der Waals surface area contributed by atoms with E-state index in [2.05, 4.69) is 25.1 Å². The first-order chi connectivity index (χ1) is 4.79. The maximum absolute atomic E-state index is 3.98. The molecule has 0 saturated heterocycles. The molecule has 0 unspecified atom stereocenters. The lowest BCUT2D eigenvalue weighted by molar-refractivity contribution is 0.487. The smallest absolute Gasteiger partial charge is 0.113 e. The molecule has 0 amide bonds. The third kappa shape index (κ3) is 2.21. The van der Waals surface area contributed by atoms with Crippen LogP contribution in [0.2, 0.25) is 0 Å². The Morgan fingerprint density at radius 2 is 2.40 bits per heavy atom. The van der Waals surface area contributed by atoms with Crippen LogP contribution in [0.4, 0.5) is 0 Å². The molecule has 0 saturated carbocycles. The van der Waals surface area contributed by atoms with Gasteiger partial charge in [0.15, 0.2) is 0 Å². The van der Waals surface area contributed by atoms with Crippen LogP contribution in [0.25, 0.3) is 0 Å². The van der Waals surface area contributed by atoms with Crippen LogP contribution >= 0.6 is 0 Å². The molecule has 1 heterocycles. The summed E-state index contributed by atoms with van der Waals surface area (Å²) in [5.41, 5.74) is 0. The van der Waals surface area contributed by atoms with E-state index in [0.717, 1.165) is 12.5 Å². The van der Waals surface area contributed by atoms with E-state index in [9.17, 15) is 0 Å². The fourth-order valence-electron chi connectivity index (χ4n) is 0.775. The topological polar surface area (TPSA) is 17.8 Å². The summed E-state index contributed by atoms with van der Waals surface area (Å²) in [6.45, 7) is 5.45. The van der Waals surface area contributed by atoms with Gasteiger partial charge in [-0.1, -0.05) is 13.8 Å². The van der Waals surface area contributed by atoms with Crippen molar-refractivity contribution in [1.82, 2.24) is 9.78 Å². The van der Waals surface area contributed by atoms with Crippen LogP contribution in [0.1, 0.15) is 20.3 Å². The summed E-state index contributed by atoms with van der Waals surface area (Å²) in [4.78, 5) is 0. The van der Waals surface area contributed by atoms with E-state index in [4.69, 9.17) is 0 Å². The van der Waals surface area contributed by atoms with Crippen molar-refractivity contribution in [1.29, 1.82) is 0 Å². The number of aryl methyl sites for hydroxylation is 1. The summed E-state index contributed by atoms with van der Waals surface area (Å²) in [6.07, 6.45) is 5.90. The van der Waals surface area contributed by atoms with E-state index in [1.54, 1.807) is 0 Å². The second-order valence-corrected chi connectivity index (χ2v) is 2.89. The fourth-order valence-corrected chi connectivity index (χ4v) is 0.775. The predicted molar refractivity (Wildman–Crippen MR) is 40.5 cm³/mol. The Kier molecular flexibility index (Phi) is 2.49. The van der Waals surface area contributed by atoms with Crippen molar-refractivity contribution in [2.75, 3.05) is 0 Å². The molecule has 0 aliphatic carbocycles. The molecule has 10 heavy (non-hydrogen) atoms. The lowest BCUT2D eigenvalue weighted by Gasteiger charge is -2.03. The zero-order chi connectivity index (χ0) is 7.40. The third-order valence-electron chi connectivity index (χ3n) is 1.44. The first kappa shape index (κ1) is 7.32. The van der Waals surface area contributed by atoms with Crippen LogP contribution in [0.3, 0.4) is 0 Å². The van der Waals surface area contributed by atoms with Crippen LogP contribution in [-0.2, 0) is 6.54 Å². The molecule has 0 N–H and O–H groups in total.